The molecule has 0 N–H and O–H groups in total. The minimum absolute atomic E-state index is 0.446. The fraction of sp³-hybridized carbons (Fsp3) is 0.0476. The summed E-state index contributed by atoms with van der Waals surface area (Å²) < 4.78 is 0. The van der Waals surface area contributed by atoms with Crippen molar-refractivity contribution < 1.29 is 0 Å². The van der Waals surface area contributed by atoms with Crippen LogP contribution in [0.3, 0.4) is 0 Å². The lowest BCUT2D eigenvalue weighted by Crippen LogP contribution is -2.35. The Hall–Kier alpha value is -2.54. The third kappa shape index (κ3) is 1.43. The molecule has 1 aliphatic heterocycles. The molecule has 4 aromatic rings. The van der Waals surface area contributed by atoms with Gasteiger partial charge in [0.15, 0.2) is 0 Å². The first-order chi connectivity index (χ1) is 10.8. The monoisotopic (exact) mass is 278 g/mol. The first-order valence-corrected chi connectivity index (χ1v) is 7.88. The van der Waals surface area contributed by atoms with Crippen LogP contribution >= 0.6 is 0 Å². The highest BCUT2D eigenvalue weighted by molar-refractivity contribution is 6.92. The Morgan fingerprint density at radius 1 is 0.545 bits per heavy atom. The van der Waals surface area contributed by atoms with Gasteiger partial charge in [-0.2, -0.15) is 0 Å². The molecule has 0 unspecified atom stereocenters. The average Bonchev–Trinajstić information content (AvgIpc) is 2.88. The predicted octanol–water partition coefficient (Wildman–Crippen LogP) is 4.21. The van der Waals surface area contributed by atoms with E-state index >= 15 is 0 Å². The second kappa shape index (κ2) is 4.24. The summed E-state index contributed by atoms with van der Waals surface area (Å²) in [4.78, 5) is 0. The van der Waals surface area contributed by atoms with E-state index in [1.54, 1.807) is 0 Å². The summed E-state index contributed by atoms with van der Waals surface area (Å²) in [6.07, 6.45) is 0. The van der Waals surface area contributed by atoms with Gasteiger partial charge in [-0.05, 0) is 32.7 Å². The highest BCUT2D eigenvalue weighted by atomic mass is 14.2. The molecule has 102 valence electrons. The van der Waals surface area contributed by atoms with Crippen LogP contribution in [0.2, 0.25) is 6.82 Å². The van der Waals surface area contributed by atoms with Gasteiger partial charge < -0.3 is 0 Å². The molecule has 0 nitrogen and oxygen atoms in total. The molecular weight excluding hydrogens is 263 g/mol. The molecule has 5 rings (SSSR count). The summed E-state index contributed by atoms with van der Waals surface area (Å²) in [5.74, 6) is 0. The highest BCUT2D eigenvalue weighted by Crippen LogP contribution is 2.30. The smallest absolute Gasteiger partial charge is 0.0773 e. The molecule has 1 heterocycles. The van der Waals surface area contributed by atoms with Gasteiger partial charge in [0.1, 0.15) is 0 Å². The molecule has 0 bridgehead atoms. The van der Waals surface area contributed by atoms with Crippen molar-refractivity contribution in [3.05, 3.63) is 72.8 Å². The van der Waals surface area contributed by atoms with E-state index in [1.165, 1.54) is 43.6 Å². The van der Waals surface area contributed by atoms with Gasteiger partial charge >= 0.3 is 0 Å². The Morgan fingerprint density at radius 2 is 1.00 bits per heavy atom. The Bertz CT molecular complexity index is 961. The number of rotatable bonds is 0. The summed E-state index contributed by atoms with van der Waals surface area (Å²) in [6.45, 7) is 2.80. The van der Waals surface area contributed by atoms with Crippen molar-refractivity contribution in [3.8, 4) is 11.1 Å². The lowest BCUT2D eigenvalue weighted by molar-refractivity contribution is 1.74. The molecule has 22 heavy (non-hydrogen) atoms. The number of fused-ring (bicyclic) bond motifs is 7. The van der Waals surface area contributed by atoms with Crippen LogP contribution in [0.25, 0.3) is 32.7 Å². The number of hydrogen-bond donors (Lipinski definition) is 0. The Labute approximate surface area is 130 Å². The lowest BCUT2D eigenvalue weighted by atomic mass is 9.44. The molecule has 1 heteroatoms. The van der Waals surface area contributed by atoms with Gasteiger partial charge in [0.2, 0.25) is 6.71 Å². The van der Waals surface area contributed by atoms with Crippen molar-refractivity contribution in [1.29, 1.82) is 0 Å². The van der Waals surface area contributed by atoms with Crippen molar-refractivity contribution in [1.82, 2.24) is 0 Å². The number of benzene rings is 4. The van der Waals surface area contributed by atoms with Crippen LogP contribution in [0, 0.1) is 0 Å². The minimum Gasteiger partial charge on any atom is -0.0773 e. The SMILES string of the molecule is CB1c2c(ccc3ccccc23)-c2ccc3ccccc3c21. The lowest BCUT2D eigenvalue weighted by Gasteiger charge is -2.09. The topological polar surface area (TPSA) is 0 Å². The van der Waals surface area contributed by atoms with E-state index in [-0.39, 0.29) is 0 Å². The largest absolute Gasteiger partial charge is 0.209 e. The summed E-state index contributed by atoms with van der Waals surface area (Å²) >= 11 is 0. The molecule has 1 aliphatic rings. The van der Waals surface area contributed by atoms with Crippen molar-refractivity contribution in [2.75, 3.05) is 0 Å². The van der Waals surface area contributed by atoms with Crippen LogP contribution in [0.4, 0.5) is 0 Å². The molecule has 0 fully saturated rings. The molecule has 0 aliphatic carbocycles. The zero-order valence-electron chi connectivity index (χ0n) is 12.5. The summed E-state index contributed by atoms with van der Waals surface area (Å²) in [5.41, 5.74) is 5.80. The standard InChI is InChI=1S/C21H15B/c1-22-20-16-8-4-2-6-14(16)10-12-18(20)19-13-11-15-7-3-5-9-17(15)21(19)22/h2-13H,1H3. The quantitative estimate of drug-likeness (QED) is 0.423. The van der Waals surface area contributed by atoms with E-state index in [2.05, 4.69) is 79.6 Å². The van der Waals surface area contributed by atoms with Gasteiger partial charge in [-0.1, -0.05) is 90.5 Å². The molecule has 0 aromatic heterocycles. The molecule has 0 spiro atoms. The Kier molecular flexibility index (Phi) is 2.32. The Balaban J connectivity index is 1.93. The zero-order chi connectivity index (χ0) is 14.7. The van der Waals surface area contributed by atoms with E-state index in [4.69, 9.17) is 0 Å². The first-order valence-electron chi connectivity index (χ1n) is 7.88. The van der Waals surface area contributed by atoms with Crippen LogP contribution in [-0.2, 0) is 0 Å². The second-order valence-electron chi connectivity index (χ2n) is 6.22. The van der Waals surface area contributed by atoms with Crippen molar-refractivity contribution >= 4 is 39.2 Å². The van der Waals surface area contributed by atoms with E-state index < -0.39 is 0 Å². The van der Waals surface area contributed by atoms with Crippen LogP contribution in [0.5, 0.6) is 0 Å². The van der Waals surface area contributed by atoms with Gasteiger partial charge in [-0.25, -0.2) is 0 Å². The average molecular weight is 278 g/mol. The highest BCUT2D eigenvalue weighted by Gasteiger charge is 2.30. The fourth-order valence-electron chi connectivity index (χ4n) is 4.14. The Morgan fingerprint density at radius 3 is 1.50 bits per heavy atom. The van der Waals surface area contributed by atoms with Gasteiger partial charge in [0.05, 0.1) is 0 Å². The van der Waals surface area contributed by atoms with Crippen LogP contribution in [0.1, 0.15) is 0 Å². The van der Waals surface area contributed by atoms with Gasteiger partial charge in [-0.3, -0.25) is 0 Å². The third-order valence-electron chi connectivity index (χ3n) is 5.10. The maximum atomic E-state index is 2.35. The molecule has 4 aromatic carbocycles. The number of hydrogen-bond acceptors (Lipinski definition) is 0. The van der Waals surface area contributed by atoms with Gasteiger partial charge in [-0.15, -0.1) is 0 Å². The van der Waals surface area contributed by atoms with E-state index in [1.807, 2.05) is 0 Å². The molecule has 0 saturated carbocycles. The van der Waals surface area contributed by atoms with Crippen molar-refractivity contribution in [2.45, 2.75) is 6.82 Å². The van der Waals surface area contributed by atoms with Crippen molar-refractivity contribution in [3.63, 3.8) is 0 Å². The molecule has 0 amide bonds. The third-order valence-corrected chi connectivity index (χ3v) is 5.10. The normalized spacial score (nSPS) is 12.7. The van der Waals surface area contributed by atoms with Gasteiger partial charge in [0, 0.05) is 0 Å². The minimum atomic E-state index is 0.446. The molecular formula is C21H15B. The maximum Gasteiger partial charge on any atom is 0.209 e. The first kappa shape index (κ1) is 12.1. The van der Waals surface area contributed by atoms with Crippen LogP contribution in [-0.4, -0.2) is 6.71 Å². The molecule has 0 atom stereocenters. The summed E-state index contributed by atoms with van der Waals surface area (Å²) in [5, 5.41) is 5.47. The van der Waals surface area contributed by atoms with Crippen molar-refractivity contribution in [2.24, 2.45) is 0 Å². The van der Waals surface area contributed by atoms with Gasteiger partial charge in [0.25, 0.3) is 0 Å². The van der Waals surface area contributed by atoms with Crippen LogP contribution in [0.15, 0.2) is 72.8 Å². The maximum absolute atomic E-state index is 2.35. The predicted molar refractivity (Wildman–Crippen MR) is 97.8 cm³/mol. The summed E-state index contributed by atoms with van der Waals surface area (Å²) in [6, 6.07) is 26.6. The van der Waals surface area contributed by atoms with E-state index in [0.29, 0.717) is 6.71 Å². The van der Waals surface area contributed by atoms with E-state index in [0.717, 1.165) is 0 Å². The van der Waals surface area contributed by atoms with E-state index in [9.17, 15) is 0 Å². The summed E-state index contributed by atoms with van der Waals surface area (Å²) in [7, 11) is 0. The molecule has 0 saturated heterocycles. The fourth-order valence-corrected chi connectivity index (χ4v) is 4.14. The molecule has 0 radical (unpaired) electrons. The van der Waals surface area contributed by atoms with Crippen LogP contribution < -0.4 is 10.9 Å². The second-order valence-corrected chi connectivity index (χ2v) is 6.22. The zero-order valence-corrected chi connectivity index (χ0v) is 12.5.